The largest absolute Gasteiger partial charge is 0.336 e. The number of rotatable bonds is 0. The van der Waals surface area contributed by atoms with Crippen molar-refractivity contribution >= 4 is 17.3 Å². The van der Waals surface area contributed by atoms with E-state index in [1.165, 1.54) is 0 Å². The maximum Gasteiger partial charge on any atom is 0.272 e. The summed E-state index contributed by atoms with van der Waals surface area (Å²) in [5.74, 6) is 0.0217. The first-order valence-electron chi connectivity index (χ1n) is 5.24. The molecule has 15 heavy (non-hydrogen) atoms. The topological polar surface area (TPSA) is 32.3 Å². The number of nitrogens with zero attached hydrogens (tertiary/aromatic N) is 1. The maximum atomic E-state index is 11.8. The predicted octanol–water partition coefficient (Wildman–Crippen LogP) is 2.12. The van der Waals surface area contributed by atoms with E-state index in [1.54, 1.807) is 0 Å². The fraction of sp³-hybridized carbons (Fsp3) is 0.250. The Labute approximate surface area is 88.4 Å². The molecule has 3 heteroatoms. The zero-order valence-corrected chi connectivity index (χ0v) is 8.36. The van der Waals surface area contributed by atoms with Crippen molar-refractivity contribution in [1.82, 2.24) is 0 Å². The normalized spacial score (nSPS) is 18.8. The summed E-state index contributed by atoms with van der Waals surface area (Å²) in [6.07, 6.45) is 4.14. The van der Waals surface area contributed by atoms with Gasteiger partial charge in [0.2, 0.25) is 0 Å². The minimum absolute atomic E-state index is 0.0217. The van der Waals surface area contributed by atoms with Crippen LogP contribution in [0.2, 0.25) is 0 Å². The summed E-state index contributed by atoms with van der Waals surface area (Å²) in [5.41, 5.74) is 2.84. The molecule has 3 rings (SSSR count). The molecule has 0 saturated heterocycles. The second-order valence-corrected chi connectivity index (χ2v) is 3.85. The van der Waals surface area contributed by atoms with Crippen molar-refractivity contribution in [3.63, 3.8) is 0 Å². The molecule has 0 spiro atoms. The summed E-state index contributed by atoms with van der Waals surface area (Å²) in [6, 6.07) is 7.94. The first-order valence-corrected chi connectivity index (χ1v) is 5.24. The van der Waals surface area contributed by atoms with E-state index >= 15 is 0 Å². The number of benzene rings is 1. The van der Waals surface area contributed by atoms with Gasteiger partial charge in [-0.05, 0) is 25.0 Å². The number of fused-ring (bicyclic) bond motifs is 3. The van der Waals surface area contributed by atoms with Gasteiger partial charge in [-0.15, -0.1) is 0 Å². The average Bonchev–Trinajstić information content (AvgIpc) is 2.30. The fourth-order valence-corrected chi connectivity index (χ4v) is 2.19. The Kier molecular flexibility index (Phi) is 1.78. The smallest absolute Gasteiger partial charge is 0.272 e. The average molecular weight is 200 g/mol. The lowest BCUT2D eigenvalue weighted by molar-refractivity contribution is -0.113. The van der Waals surface area contributed by atoms with Crippen molar-refractivity contribution in [1.29, 1.82) is 0 Å². The molecule has 2 aliphatic rings. The molecule has 1 aromatic rings. The van der Waals surface area contributed by atoms with Gasteiger partial charge in [0.1, 0.15) is 5.70 Å². The number of amides is 1. The third-order valence-electron chi connectivity index (χ3n) is 2.89. The summed E-state index contributed by atoms with van der Waals surface area (Å²) in [4.78, 5) is 13.9. The van der Waals surface area contributed by atoms with Gasteiger partial charge in [-0.1, -0.05) is 18.2 Å². The lowest BCUT2D eigenvalue weighted by atomic mass is 10.1. The van der Waals surface area contributed by atoms with E-state index in [0.717, 1.165) is 36.5 Å². The molecule has 1 N–H and O–H groups in total. The number of anilines is 2. The first-order chi connectivity index (χ1) is 7.36. The van der Waals surface area contributed by atoms with Gasteiger partial charge in [-0.25, -0.2) is 0 Å². The van der Waals surface area contributed by atoms with Crippen LogP contribution in [0.3, 0.4) is 0 Å². The van der Waals surface area contributed by atoms with E-state index in [0.29, 0.717) is 0 Å². The molecule has 0 fully saturated rings. The van der Waals surface area contributed by atoms with Gasteiger partial charge < -0.3 is 10.2 Å². The Morgan fingerprint density at radius 2 is 2.13 bits per heavy atom. The van der Waals surface area contributed by atoms with E-state index in [9.17, 15) is 4.79 Å². The molecule has 2 heterocycles. The first kappa shape index (κ1) is 8.53. The Hall–Kier alpha value is -1.77. The molecular weight excluding hydrogens is 188 g/mol. The summed E-state index contributed by atoms with van der Waals surface area (Å²) in [6.45, 7) is 0.941. The number of hydrogen-bond acceptors (Lipinski definition) is 2. The highest BCUT2D eigenvalue weighted by Gasteiger charge is 2.28. The molecule has 0 bridgehead atoms. The van der Waals surface area contributed by atoms with Crippen molar-refractivity contribution in [2.75, 3.05) is 16.8 Å². The Balaban J connectivity index is 2.15. The third-order valence-corrected chi connectivity index (χ3v) is 2.89. The van der Waals surface area contributed by atoms with Gasteiger partial charge in [-0.2, -0.15) is 0 Å². The van der Waals surface area contributed by atoms with Gasteiger partial charge in [-0.3, -0.25) is 4.79 Å². The number of carbonyl (C=O) groups is 1. The van der Waals surface area contributed by atoms with Crippen molar-refractivity contribution in [2.24, 2.45) is 0 Å². The third kappa shape index (κ3) is 1.23. The second kappa shape index (κ2) is 3.12. The summed E-state index contributed by atoms with van der Waals surface area (Å²) in [7, 11) is 0. The van der Waals surface area contributed by atoms with Gasteiger partial charge in [0.05, 0.1) is 11.4 Å². The van der Waals surface area contributed by atoms with Gasteiger partial charge in [0.25, 0.3) is 5.91 Å². The van der Waals surface area contributed by atoms with E-state index in [4.69, 9.17) is 0 Å². The molecular formula is C12H12N2O. The van der Waals surface area contributed by atoms with E-state index < -0.39 is 0 Å². The van der Waals surface area contributed by atoms with Crippen molar-refractivity contribution in [3.8, 4) is 0 Å². The number of para-hydroxylation sites is 2. The minimum atomic E-state index is 0.0217. The Bertz CT molecular complexity index is 451. The van der Waals surface area contributed by atoms with Crippen molar-refractivity contribution < 1.29 is 4.79 Å². The molecule has 0 aromatic heterocycles. The van der Waals surface area contributed by atoms with Crippen LogP contribution in [0, 0.1) is 0 Å². The summed E-state index contributed by atoms with van der Waals surface area (Å²) >= 11 is 0. The zero-order chi connectivity index (χ0) is 10.3. The number of nitrogens with one attached hydrogen (secondary N) is 1. The number of carbonyl (C=O) groups excluding carboxylic acids is 1. The van der Waals surface area contributed by atoms with Crippen LogP contribution in [-0.2, 0) is 4.79 Å². The Morgan fingerprint density at radius 3 is 3.07 bits per heavy atom. The van der Waals surface area contributed by atoms with Crippen LogP contribution in [0.5, 0.6) is 0 Å². The highest BCUT2D eigenvalue weighted by Crippen LogP contribution is 2.35. The molecule has 0 unspecified atom stereocenters. The molecule has 0 atom stereocenters. The second-order valence-electron chi connectivity index (χ2n) is 3.85. The van der Waals surface area contributed by atoms with Gasteiger partial charge in [0.15, 0.2) is 0 Å². The van der Waals surface area contributed by atoms with Gasteiger partial charge >= 0.3 is 0 Å². The number of hydrogen-bond donors (Lipinski definition) is 1. The summed E-state index contributed by atoms with van der Waals surface area (Å²) in [5, 5.41) is 2.91. The molecule has 1 aromatic carbocycles. The van der Waals surface area contributed by atoms with Crippen LogP contribution in [0.4, 0.5) is 11.4 Å². The van der Waals surface area contributed by atoms with Crippen LogP contribution >= 0.6 is 0 Å². The van der Waals surface area contributed by atoms with Crippen LogP contribution < -0.4 is 10.2 Å². The van der Waals surface area contributed by atoms with E-state index in [-0.39, 0.29) is 5.91 Å². The lowest BCUT2D eigenvalue weighted by Crippen LogP contribution is -2.38. The van der Waals surface area contributed by atoms with E-state index in [1.807, 2.05) is 30.3 Å². The number of allylic oxidation sites excluding steroid dienone is 1. The molecule has 3 nitrogen and oxygen atoms in total. The molecule has 76 valence electrons. The Morgan fingerprint density at radius 1 is 1.27 bits per heavy atom. The standard InChI is InChI=1S/C12H12N2O/c15-12-11-7-3-4-8-14(11)10-6-2-1-5-9(10)13-12/h1-2,5-7H,3-4,8H2,(H,13,15). The zero-order valence-electron chi connectivity index (χ0n) is 8.36. The fourth-order valence-electron chi connectivity index (χ4n) is 2.19. The van der Waals surface area contributed by atoms with Crippen LogP contribution in [0.1, 0.15) is 12.8 Å². The quantitative estimate of drug-likeness (QED) is 0.695. The van der Waals surface area contributed by atoms with Crippen molar-refractivity contribution in [2.45, 2.75) is 12.8 Å². The predicted molar refractivity (Wildman–Crippen MR) is 59.7 cm³/mol. The van der Waals surface area contributed by atoms with Gasteiger partial charge in [0, 0.05) is 6.54 Å². The van der Waals surface area contributed by atoms with Crippen LogP contribution in [0.25, 0.3) is 0 Å². The molecule has 2 aliphatic heterocycles. The molecule has 1 amide bonds. The van der Waals surface area contributed by atoms with Crippen LogP contribution in [-0.4, -0.2) is 12.5 Å². The van der Waals surface area contributed by atoms with E-state index in [2.05, 4.69) is 10.2 Å². The minimum Gasteiger partial charge on any atom is -0.336 e. The monoisotopic (exact) mass is 200 g/mol. The maximum absolute atomic E-state index is 11.8. The molecule has 0 saturated carbocycles. The lowest BCUT2D eigenvalue weighted by Gasteiger charge is -2.35. The summed E-state index contributed by atoms with van der Waals surface area (Å²) < 4.78 is 0. The van der Waals surface area contributed by atoms with Crippen LogP contribution in [0.15, 0.2) is 36.0 Å². The molecule has 0 radical (unpaired) electrons. The van der Waals surface area contributed by atoms with Crippen molar-refractivity contribution in [3.05, 3.63) is 36.0 Å². The highest BCUT2D eigenvalue weighted by molar-refractivity contribution is 6.11. The SMILES string of the molecule is O=C1Nc2ccccc2N2CCCC=C12. The highest BCUT2D eigenvalue weighted by atomic mass is 16.2. The molecule has 0 aliphatic carbocycles.